The summed E-state index contributed by atoms with van der Waals surface area (Å²) in [5, 5.41) is 23.2. The fourth-order valence-electron chi connectivity index (χ4n) is 6.83. The fourth-order valence-corrected chi connectivity index (χ4v) is 6.83. The molecular weight excluding hydrogens is 544 g/mol. The number of unbranched alkanes of at least 4 members (excludes halogenated alkanes) is 1. The largest absolute Gasteiger partial charge is 0.494 e. The first-order chi connectivity index (χ1) is 20.8. The summed E-state index contributed by atoms with van der Waals surface area (Å²) < 4.78 is 7.51. The van der Waals surface area contributed by atoms with Gasteiger partial charge in [0.1, 0.15) is 5.75 Å². The highest BCUT2D eigenvalue weighted by Gasteiger charge is 2.47. The number of aromatic nitrogens is 1. The molecule has 1 saturated heterocycles. The van der Waals surface area contributed by atoms with E-state index >= 15 is 0 Å². The number of hydrogen-bond donors (Lipinski definition) is 2. The van der Waals surface area contributed by atoms with Crippen molar-refractivity contribution in [3.8, 4) is 11.6 Å². The number of carboxylic acid groups (broad SMARTS) is 1. The van der Waals surface area contributed by atoms with Crippen LogP contribution in [0.15, 0.2) is 48.7 Å². The number of nitrogens with zero attached hydrogens (tertiary/aromatic N) is 4. The van der Waals surface area contributed by atoms with Crippen molar-refractivity contribution >= 4 is 22.6 Å². The lowest BCUT2D eigenvalue weighted by molar-refractivity contribution is -0.144. The van der Waals surface area contributed by atoms with Crippen molar-refractivity contribution in [3.05, 3.63) is 59.8 Å². The second-order valence-electron chi connectivity index (χ2n) is 12.3. The van der Waals surface area contributed by atoms with Crippen LogP contribution in [0.1, 0.15) is 49.7 Å². The quantitative estimate of drug-likeness (QED) is 0.287. The van der Waals surface area contributed by atoms with Crippen LogP contribution in [0.2, 0.25) is 0 Å². The predicted molar refractivity (Wildman–Crippen MR) is 168 cm³/mol. The maximum Gasteiger partial charge on any atom is 0.308 e. The number of carbonyl (C=O) groups is 2. The van der Waals surface area contributed by atoms with Crippen LogP contribution in [-0.2, 0) is 22.6 Å². The maximum absolute atomic E-state index is 13.8. The highest BCUT2D eigenvalue weighted by Crippen LogP contribution is 2.41. The minimum Gasteiger partial charge on any atom is -0.494 e. The van der Waals surface area contributed by atoms with Crippen molar-refractivity contribution in [2.75, 3.05) is 53.4 Å². The molecule has 1 fully saturated rings. The topological polar surface area (TPSA) is 98.5 Å². The van der Waals surface area contributed by atoms with Crippen molar-refractivity contribution in [1.82, 2.24) is 19.3 Å². The summed E-state index contributed by atoms with van der Waals surface area (Å²) in [6.07, 6.45) is 6.07. The van der Waals surface area contributed by atoms with Gasteiger partial charge in [-0.15, -0.1) is 0 Å². The number of ether oxygens (including phenoxy) is 1. The molecule has 0 saturated carbocycles. The van der Waals surface area contributed by atoms with E-state index < -0.39 is 11.9 Å². The van der Waals surface area contributed by atoms with E-state index in [2.05, 4.69) is 22.8 Å². The van der Waals surface area contributed by atoms with Gasteiger partial charge in [0.2, 0.25) is 5.91 Å². The molecule has 232 valence electrons. The summed E-state index contributed by atoms with van der Waals surface area (Å²) in [5.74, 6) is -0.674. The summed E-state index contributed by atoms with van der Waals surface area (Å²) in [6, 6.07) is 13.4. The highest BCUT2D eigenvalue weighted by molar-refractivity contribution is 5.87. The number of hydrogen-bond acceptors (Lipinski definition) is 6. The van der Waals surface area contributed by atoms with Gasteiger partial charge in [-0.05, 0) is 63.2 Å². The summed E-state index contributed by atoms with van der Waals surface area (Å²) >= 11 is 0. The smallest absolute Gasteiger partial charge is 0.308 e. The van der Waals surface area contributed by atoms with Gasteiger partial charge in [-0.3, -0.25) is 14.5 Å². The van der Waals surface area contributed by atoms with Crippen LogP contribution in [0.3, 0.4) is 0 Å². The second kappa shape index (κ2) is 13.8. The minimum atomic E-state index is -0.850. The Morgan fingerprint density at radius 2 is 1.86 bits per heavy atom. The van der Waals surface area contributed by atoms with Crippen molar-refractivity contribution in [1.29, 1.82) is 0 Å². The van der Waals surface area contributed by atoms with Gasteiger partial charge < -0.3 is 29.3 Å². The molecule has 3 heterocycles. The average molecular weight is 591 g/mol. The Balaban J connectivity index is 1.41. The van der Waals surface area contributed by atoms with Crippen LogP contribution in [0.5, 0.6) is 11.6 Å². The monoisotopic (exact) mass is 590 g/mol. The molecule has 43 heavy (non-hydrogen) atoms. The Morgan fingerprint density at radius 3 is 2.60 bits per heavy atom. The van der Waals surface area contributed by atoms with Gasteiger partial charge >= 0.3 is 5.97 Å². The van der Waals surface area contributed by atoms with Gasteiger partial charge in [0.25, 0.3) is 0 Å². The number of benzene rings is 2. The predicted octanol–water partition coefficient (Wildman–Crippen LogP) is 4.42. The van der Waals surface area contributed by atoms with Gasteiger partial charge in [0.15, 0.2) is 5.88 Å². The number of carbonyl (C=O) groups excluding carboxylic acids is 1. The molecule has 0 aliphatic carbocycles. The number of carboxylic acids is 1. The standard InChI is InChI=1S/C34H46N4O5/c1-4-5-16-36(17-8-15-35(2)3)31(39)23-38-22-28(24-11-12-30-25(20-24)14-19-43-30)32(34(41)42)29(38)13-18-37-21-26-9-6-7-10-27(26)33(37)40/h6-7,9-12,20-21,28-29,32,40H,4-5,8,13-19,22-23H2,1-3H3,(H,41,42)/t28-,29+,32-/m1/s1. The molecule has 2 aliphatic heterocycles. The third kappa shape index (κ3) is 6.99. The van der Waals surface area contributed by atoms with Crippen LogP contribution < -0.4 is 4.74 Å². The number of aliphatic carboxylic acids is 1. The van der Waals surface area contributed by atoms with Crippen molar-refractivity contribution in [3.63, 3.8) is 0 Å². The Labute approximate surface area is 254 Å². The van der Waals surface area contributed by atoms with E-state index in [0.717, 1.165) is 59.9 Å². The van der Waals surface area contributed by atoms with E-state index in [9.17, 15) is 19.8 Å². The van der Waals surface area contributed by atoms with Gasteiger partial charge in [0, 0.05) is 61.5 Å². The molecule has 2 N–H and O–H groups in total. The van der Waals surface area contributed by atoms with E-state index in [4.69, 9.17) is 4.74 Å². The molecule has 9 heteroatoms. The zero-order valence-electron chi connectivity index (χ0n) is 25.7. The lowest BCUT2D eigenvalue weighted by Crippen LogP contribution is -2.45. The van der Waals surface area contributed by atoms with E-state index in [1.165, 1.54) is 0 Å². The van der Waals surface area contributed by atoms with E-state index in [-0.39, 0.29) is 30.3 Å². The van der Waals surface area contributed by atoms with Crippen molar-refractivity contribution in [2.45, 2.75) is 57.5 Å². The first-order valence-electron chi connectivity index (χ1n) is 15.7. The molecule has 1 aromatic heterocycles. The maximum atomic E-state index is 13.8. The molecule has 0 radical (unpaired) electrons. The van der Waals surface area contributed by atoms with Gasteiger partial charge in [-0.25, -0.2) is 0 Å². The number of rotatable bonds is 14. The Hall–Kier alpha value is -3.56. The Bertz CT molecular complexity index is 1420. The molecular formula is C34H46N4O5. The Kier molecular flexibility index (Phi) is 9.93. The van der Waals surface area contributed by atoms with E-state index in [1.807, 2.05) is 61.6 Å². The van der Waals surface area contributed by atoms with Gasteiger partial charge in [-0.1, -0.05) is 43.7 Å². The van der Waals surface area contributed by atoms with Gasteiger partial charge in [-0.2, -0.15) is 0 Å². The lowest BCUT2D eigenvalue weighted by Gasteiger charge is -2.30. The number of likely N-dealkylation sites (tertiary alicyclic amines) is 1. The molecule has 3 atom stereocenters. The van der Waals surface area contributed by atoms with E-state index in [0.29, 0.717) is 39.2 Å². The lowest BCUT2D eigenvalue weighted by atomic mass is 9.83. The summed E-state index contributed by atoms with van der Waals surface area (Å²) in [4.78, 5) is 32.9. The van der Waals surface area contributed by atoms with Crippen molar-refractivity contribution < 1.29 is 24.5 Å². The molecule has 0 spiro atoms. The van der Waals surface area contributed by atoms with Crippen molar-refractivity contribution in [2.24, 2.45) is 5.92 Å². The molecule has 9 nitrogen and oxygen atoms in total. The van der Waals surface area contributed by atoms with Gasteiger partial charge in [0.05, 0.1) is 19.1 Å². The number of aryl methyl sites for hydroxylation is 1. The molecule has 1 amide bonds. The molecule has 3 aromatic rings. The third-order valence-electron chi connectivity index (χ3n) is 9.12. The molecule has 5 rings (SSSR count). The zero-order chi connectivity index (χ0) is 30.5. The second-order valence-corrected chi connectivity index (χ2v) is 12.3. The number of aromatic hydroxyl groups is 1. The molecule has 0 unspecified atom stereocenters. The van der Waals surface area contributed by atoms with E-state index in [1.54, 1.807) is 4.57 Å². The first-order valence-corrected chi connectivity index (χ1v) is 15.7. The summed E-state index contributed by atoms with van der Waals surface area (Å²) in [6.45, 7) is 6.21. The zero-order valence-corrected chi connectivity index (χ0v) is 25.7. The normalized spacial score (nSPS) is 20.0. The number of amides is 1. The molecule has 0 bridgehead atoms. The van der Waals surface area contributed by atoms with Crippen LogP contribution >= 0.6 is 0 Å². The van der Waals surface area contributed by atoms with Crippen LogP contribution in [0.25, 0.3) is 10.8 Å². The summed E-state index contributed by atoms with van der Waals surface area (Å²) in [5.41, 5.74) is 2.10. The molecule has 2 aromatic carbocycles. The fraction of sp³-hybridized carbons (Fsp3) is 0.529. The van der Waals surface area contributed by atoms with Crippen LogP contribution in [0.4, 0.5) is 0 Å². The van der Waals surface area contributed by atoms with Crippen LogP contribution in [-0.4, -0.2) is 101 Å². The SMILES string of the molecule is CCCCN(CCCN(C)C)C(=O)CN1C[C@H](c2ccc3c(c2)CCO3)[C@@H](C(=O)O)[C@@H]1CCn1cc2ccccc2c1O. The highest BCUT2D eigenvalue weighted by atomic mass is 16.5. The average Bonchev–Trinajstić information content (AvgIpc) is 3.68. The third-order valence-corrected chi connectivity index (χ3v) is 9.12. The molecule has 2 aliphatic rings. The Morgan fingerprint density at radius 1 is 1.07 bits per heavy atom. The summed E-state index contributed by atoms with van der Waals surface area (Å²) in [7, 11) is 4.08. The van der Waals surface area contributed by atoms with Crippen LogP contribution in [0, 0.1) is 5.92 Å². The number of fused-ring (bicyclic) bond motifs is 2. The minimum absolute atomic E-state index is 0.0545. The first kappa shape index (κ1) is 30.9.